The summed E-state index contributed by atoms with van der Waals surface area (Å²) in [6.07, 6.45) is 2.53. The maximum atomic E-state index is 5.74. The predicted molar refractivity (Wildman–Crippen MR) is 93.9 cm³/mol. The molecular weight excluding hydrogens is 302 g/mol. The summed E-state index contributed by atoms with van der Waals surface area (Å²) in [4.78, 5) is 4.15. The van der Waals surface area contributed by atoms with Gasteiger partial charge < -0.3 is 14.2 Å². The van der Waals surface area contributed by atoms with E-state index in [1.807, 2.05) is 42.5 Å². The minimum Gasteiger partial charge on any atom is -0.481 e. The number of aromatic nitrogens is 1. The fourth-order valence-electron chi connectivity index (χ4n) is 2.50. The number of hydrogen-bond acceptors (Lipinski definition) is 4. The summed E-state index contributed by atoms with van der Waals surface area (Å²) in [6, 6.07) is 13.5. The summed E-state index contributed by atoms with van der Waals surface area (Å²) in [7, 11) is 3.38. The zero-order chi connectivity index (χ0) is 17.3. The molecule has 4 nitrogen and oxygen atoms in total. The van der Waals surface area contributed by atoms with Crippen LogP contribution in [0.4, 0.5) is 0 Å². The number of pyridine rings is 1. The van der Waals surface area contributed by atoms with E-state index in [2.05, 4.69) is 23.7 Å². The topological polar surface area (TPSA) is 40.6 Å². The summed E-state index contributed by atoms with van der Waals surface area (Å²) < 4.78 is 16.8. The molecule has 1 aromatic heterocycles. The van der Waals surface area contributed by atoms with Crippen LogP contribution in [-0.2, 0) is 15.1 Å². The van der Waals surface area contributed by atoms with Gasteiger partial charge in [-0.15, -0.1) is 0 Å². The number of methoxy groups -OCH3 is 2. The Balaban J connectivity index is 2.06. The standard InChI is InChI=1S/C20H23NO3/c1-4-20(23-3,16-22-2)17-9-7-12-19(15-17)24-14-8-11-18-10-5-6-13-21-18/h5-7,9-10,12-13,15H,4,14,16H2,1-3H3. The molecule has 4 heteroatoms. The first-order valence-electron chi connectivity index (χ1n) is 7.91. The molecule has 0 amide bonds. The molecule has 0 saturated heterocycles. The maximum absolute atomic E-state index is 5.74. The highest BCUT2D eigenvalue weighted by atomic mass is 16.5. The van der Waals surface area contributed by atoms with Gasteiger partial charge in [0.15, 0.2) is 0 Å². The van der Waals surface area contributed by atoms with E-state index >= 15 is 0 Å². The first-order valence-corrected chi connectivity index (χ1v) is 7.91. The highest BCUT2D eigenvalue weighted by Gasteiger charge is 2.30. The van der Waals surface area contributed by atoms with Crippen LogP contribution < -0.4 is 4.74 Å². The lowest BCUT2D eigenvalue weighted by Crippen LogP contribution is -2.33. The summed E-state index contributed by atoms with van der Waals surface area (Å²) in [6.45, 7) is 2.87. The van der Waals surface area contributed by atoms with Crippen LogP contribution in [0.25, 0.3) is 0 Å². The van der Waals surface area contributed by atoms with E-state index in [4.69, 9.17) is 14.2 Å². The summed E-state index contributed by atoms with van der Waals surface area (Å²) in [5, 5.41) is 0. The molecule has 1 atom stereocenters. The van der Waals surface area contributed by atoms with Gasteiger partial charge in [-0.05, 0) is 42.2 Å². The molecule has 0 fully saturated rings. The Morgan fingerprint density at radius 3 is 2.67 bits per heavy atom. The smallest absolute Gasteiger partial charge is 0.149 e. The maximum Gasteiger partial charge on any atom is 0.149 e. The molecule has 0 aliphatic carbocycles. The summed E-state index contributed by atoms with van der Waals surface area (Å²) in [5.41, 5.74) is 1.30. The van der Waals surface area contributed by atoms with E-state index in [9.17, 15) is 0 Å². The molecule has 1 heterocycles. The quantitative estimate of drug-likeness (QED) is 0.732. The van der Waals surface area contributed by atoms with Gasteiger partial charge >= 0.3 is 0 Å². The molecule has 24 heavy (non-hydrogen) atoms. The molecule has 1 unspecified atom stereocenters. The van der Waals surface area contributed by atoms with Crippen molar-refractivity contribution in [3.63, 3.8) is 0 Å². The fourth-order valence-corrected chi connectivity index (χ4v) is 2.50. The van der Waals surface area contributed by atoms with Crippen molar-refractivity contribution in [3.8, 4) is 17.6 Å². The van der Waals surface area contributed by atoms with Gasteiger partial charge in [-0.25, -0.2) is 4.98 Å². The van der Waals surface area contributed by atoms with Gasteiger partial charge in [0.05, 0.1) is 6.61 Å². The summed E-state index contributed by atoms with van der Waals surface area (Å²) >= 11 is 0. The van der Waals surface area contributed by atoms with E-state index in [1.165, 1.54) is 0 Å². The molecule has 0 N–H and O–H groups in total. The second kappa shape index (κ2) is 9.07. The fraction of sp³-hybridized carbons (Fsp3) is 0.350. The Morgan fingerprint density at radius 1 is 1.12 bits per heavy atom. The Bertz CT molecular complexity index is 685. The molecule has 0 saturated carbocycles. The van der Waals surface area contributed by atoms with Crippen molar-refractivity contribution < 1.29 is 14.2 Å². The van der Waals surface area contributed by atoms with Gasteiger partial charge in [0.1, 0.15) is 23.7 Å². The van der Waals surface area contributed by atoms with Crippen LogP contribution >= 0.6 is 0 Å². The van der Waals surface area contributed by atoms with Gasteiger partial charge in [0.2, 0.25) is 0 Å². The number of nitrogens with zero attached hydrogens (tertiary/aromatic N) is 1. The van der Waals surface area contributed by atoms with Gasteiger partial charge in [0, 0.05) is 20.4 Å². The molecule has 0 aliphatic rings. The van der Waals surface area contributed by atoms with Crippen LogP contribution in [0.2, 0.25) is 0 Å². The highest BCUT2D eigenvalue weighted by Crippen LogP contribution is 2.31. The van der Waals surface area contributed by atoms with Crippen LogP contribution in [0.5, 0.6) is 5.75 Å². The van der Waals surface area contributed by atoms with Crippen LogP contribution in [-0.4, -0.2) is 32.4 Å². The Morgan fingerprint density at radius 2 is 2.00 bits per heavy atom. The van der Waals surface area contributed by atoms with Crippen LogP contribution in [0.1, 0.15) is 24.6 Å². The lowest BCUT2D eigenvalue weighted by Gasteiger charge is -2.31. The minimum atomic E-state index is -0.465. The Kier molecular flexibility index (Phi) is 6.80. The summed E-state index contributed by atoms with van der Waals surface area (Å²) in [5.74, 6) is 6.70. The number of hydrogen-bond donors (Lipinski definition) is 0. The van der Waals surface area contributed by atoms with Gasteiger partial charge in [-0.2, -0.15) is 0 Å². The van der Waals surface area contributed by atoms with Crippen LogP contribution in [0.15, 0.2) is 48.7 Å². The zero-order valence-electron chi connectivity index (χ0n) is 14.4. The molecule has 1 aromatic carbocycles. The number of ether oxygens (including phenoxy) is 3. The van der Waals surface area contributed by atoms with E-state index in [0.717, 1.165) is 23.4 Å². The van der Waals surface area contributed by atoms with Gasteiger partial charge in [0.25, 0.3) is 0 Å². The first kappa shape index (κ1) is 18.0. The predicted octanol–water partition coefficient (Wildman–Crippen LogP) is 3.41. The van der Waals surface area contributed by atoms with Crippen molar-refractivity contribution in [2.75, 3.05) is 27.4 Å². The second-order valence-corrected chi connectivity index (χ2v) is 5.32. The molecule has 0 bridgehead atoms. The Hall–Kier alpha value is -2.35. The van der Waals surface area contributed by atoms with E-state index < -0.39 is 5.60 Å². The third kappa shape index (κ3) is 4.58. The number of benzene rings is 1. The molecule has 126 valence electrons. The first-order chi connectivity index (χ1) is 11.7. The van der Waals surface area contributed by atoms with Crippen molar-refractivity contribution in [2.24, 2.45) is 0 Å². The normalized spacial score (nSPS) is 12.8. The average Bonchev–Trinajstić information content (AvgIpc) is 2.64. The lowest BCUT2D eigenvalue weighted by atomic mass is 9.91. The largest absolute Gasteiger partial charge is 0.481 e. The van der Waals surface area contributed by atoms with Crippen molar-refractivity contribution >= 4 is 0 Å². The zero-order valence-corrected chi connectivity index (χ0v) is 14.4. The Labute approximate surface area is 143 Å². The molecule has 0 aliphatic heterocycles. The average molecular weight is 325 g/mol. The molecule has 2 aromatic rings. The van der Waals surface area contributed by atoms with Crippen LogP contribution in [0.3, 0.4) is 0 Å². The van der Waals surface area contributed by atoms with E-state index in [1.54, 1.807) is 20.4 Å². The monoisotopic (exact) mass is 325 g/mol. The molecule has 0 spiro atoms. The van der Waals surface area contributed by atoms with Gasteiger partial charge in [-0.3, -0.25) is 0 Å². The minimum absolute atomic E-state index is 0.302. The third-order valence-corrected chi connectivity index (χ3v) is 3.89. The van der Waals surface area contributed by atoms with E-state index in [0.29, 0.717) is 13.2 Å². The second-order valence-electron chi connectivity index (χ2n) is 5.32. The van der Waals surface area contributed by atoms with Gasteiger partial charge in [-0.1, -0.05) is 31.0 Å². The third-order valence-electron chi connectivity index (χ3n) is 3.89. The molecule has 0 radical (unpaired) electrons. The lowest BCUT2D eigenvalue weighted by molar-refractivity contribution is -0.0720. The molecular formula is C20H23NO3. The highest BCUT2D eigenvalue weighted by molar-refractivity contribution is 5.33. The van der Waals surface area contributed by atoms with Crippen molar-refractivity contribution in [1.29, 1.82) is 0 Å². The van der Waals surface area contributed by atoms with Crippen molar-refractivity contribution in [1.82, 2.24) is 4.98 Å². The van der Waals surface area contributed by atoms with E-state index in [-0.39, 0.29) is 0 Å². The number of rotatable bonds is 7. The van der Waals surface area contributed by atoms with Crippen molar-refractivity contribution in [2.45, 2.75) is 18.9 Å². The van der Waals surface area contributed by atoms with Crippen LogP contribution in [0, 0.1) is 11.8 Å². The van der Waals surface area contributed by atoms with Crippen molar-refractivity contribution in [3.05, 3.63) is 59.9 Å². The SMILES string of the molecule is CCC(COC)(OC)c1cccc(OCC#Cc2ccccn2)c1. The molecule has 2 rings (SSSR count).